The summed E-state index contributed by atoms with van der Waals surface area (Å²) in [4.78, 5) is 4.93. The van der Waals surface area contributed by atoms with Crippen LogP contribution in [0.3, 0.4) is 0 Å². The summed E-state index contributed by atoms with van der Waals surface area (Å²) >= 11 is 0. The molecule has 0 radical (unpaired) electrons. The number of hydrogen-bond donors (Lipinski definition) is 0. The van der Waals surface area contributed by atoms with Gasteiger partial charge in [-0.05, 0) is 26.9 Å². The third-order valence-corrected chi connectivity index (χ3v) is 2.73. The monoisotopic (exact) mass is 180 g/mol. The van der Waals surface area contributed by atoms with Crippen LogP contribution in [0.2, 0.25) is 0 Å². The smallest absolute Gasteiger partial charge is 0.0195 e. The first-order valence-corrected chi connectivity index (χ1v) is 5.10. The van der Waals surface area contributed by atoms with Crippen molar-refractivity contribution in [2.24, 2.45) is 0 Å². The van der Waals surface area contributed by atoms with Crippen LogP contribution < -0.4 is 0 Å². The lowest BCUT2D eigenvalue weighted by molar-refractivity contribution is 0.0995. The Kier molecular flexibility index (Phi) is 4.27. The lowest BCUT2D eigenvalue weighted by atomic mass is 10.2. The van der Waals surface area contributed by atoms with Gasteiger partial charge in [-0.2, -0.15) is 0 Å². The molecule has 0 saturated carbocycles. The predicted molar refractivity (Wildman–Crippen MR) is 56.6 cm³/mol. The highest BCUT2D eigenvalue weighted by Gasteiger charge is 2.20. The second-order valence-electron chi connectivity index (χ2n) is 3.95. The Balaban J connectivity index is 2.22. The summed E-state index contributed by atoms with van der Waals surface area (Å²) in [5, 5.41) is 0. The number of piperazine rings is 1. The number of likely N-dealkylation sites (N-methyl/N-ethyl adjacent to an activating group) is 1. The molecular formula is C11H20N2. The Labute approximate surface area is 81.9 Å². The number of nitrogens with zero attached hydrogens (tertiary/aromatic N) is 2. The van der Waals surface area contributed by atoms with Crippen LogP contribution in [0.5, 0.6) is 0 Å². The SMILES string of the molecule is C#CCCCN1CCN(C)CC1C. The minimum Gasteiger partial charge on any atom is -0.304 e. The van der Waals surface area contributed by atoms with Crippen LogP contribution in [0.1, 0.15) is 19.8 Å². The van der Waals surface area contributed by atoms with E-state index in [1.807, 2.05) is 0 Å². The van der Waals surface area contributed by atoms with Crippen molar-refractivity contribution in [1.82, 2.24) is 9.80 Å². The van der Waals surface area contributed by atoms with Gasteiger partial charge in [0.15, 0.2) is 0 Å². The summed E-state index contributed by atoms with van der Waals surface area (Å²) in [6, 6.07) is 0.691. The van der Waals surface area contributed by atoms with Crippen molar-refractivity contribution in [3.63, 3.8) is 0 Å². The number of hydrogen-bond acceptors (Lipinski definition) is 2. The zero-order valence-electron chi connectivity index (χ0n) is 8.79. The first-order valence-electron chi connectivity index (χ1n) is 5.10. The maximum atomic E-state index is 5.22. The van der Waals surface area contributed by atoms with Gasteiger partial charge in [-0.3, -0.25) is 4.90 Å². The van der Waals surface area contributed by atoms with Crippen LogP contribution in [-0.2, 0) is 0 Å². The highest BCUT2D eigenvalue weighted by atomic mass is 15.3. The van der Waals surface area contributed by atoms with Gasteiger partial charge >= 0.3 is 0 Å². The molecule has 1 saturated heterocycles. The van der Waals surface area contributed by atoms with Crippen molar-refractivity contribution in [3.8, 4) is 12.3 Å². The van der Waals surface area contributed by atoms with E-state index in [0.717, 1.165) is 12.8 Å². The zero-order chi connectivity index (χ0) is 9.68. The molecule has 0 aromatic rings. The molecule has 13 heavy (non-hydrogen) atoms. The number of terminal acetylenes is 1. The molecular weight excluding hydrogens is 160 g/mol. The van der Waals surface area contributed by atoms with E-state index in [4.69, 9.17) is 6.42 Å². The molecule has 1 aliphatic rings. The van der Waals surface area contributed by atoms with Gasteiger partial charge in [-0.25, -0.2) is 0 Å². The summed E-state index contributed by atoms with van der Waals surface area (Å²) < 4.78 is 0. The lowest BCUT2D eigenvalue weighted by Crippen LogP contribution is -2.50. The highest BCUT2D eigenvalue weighted by molar-refractivity contribution is 4.84. The third kappa shape index (κ3) is 3.38. The molecule has 0 spiro atoms. The Bertz CT molecular complexity index is 183. The fraction of sp³-hybridized carbons (Fsp3) is 0.818. The number of unbranched alkanes of at least 4 members (excludes halogenated alkanes) is 1. The summed E-state index contributed by atoms with van der Waals surface area (Å²) in [6.07, 6.45) is 7.28. The second kappa shape index (κ2) is 5.26. The second-order valence-corrected chi connectivity index (χ2v) is 3.95. The van der Waals surface area contributed by atoms with Crippen molar-refractivity contribution in [2.75, 3.05) is 33.2 Å². The normalized spacial score (nSPS) is 25.8. The van der Waals surface area contributed by atoms with Gasteiger partial charge in [0.05, 0.1) is 0 Å². The molecule has 1 atom stereocenters. The third-order valence-electron chi connectivity index (χ3n) is 2.73. The summed E-state index contributed by atoms with van der Waals surface area (Å²) in [6.45, 7) is 7.05. The van der Waals surface area contributed by atoms with E-state index >= 15 is 0 Å². The minimum absolute atomic E-state index is 0.691. The van der Waals surface area contributed by atoms with E-state index in [1.165, 1.54) is 26.2 Å². The zero-order valence-corrected chi connectivity index (χ0v) is 8.79. The van der Waals surface area contributed by atoms with E-state index in [9.17, 15) is 0 Å². The quantitative estimate of drug-likeness (QED) is 0.473. The predicted octanol–water partition coefficient (Wildman–Crippen LogP) is 1.04. The molecule has 2 nitrogen and oxygen atoms in total. The fourth-order valence-corrected chi connectivity index (χ4v) is 1.89. The standard InChI is InChI=1S/C11H20N2/c1-4-5-6-7-13-9-8-12(3)10-11(13)2/h1,11H,5-10H2,2-3H3. The van der Waals surface area contributed by atoms with Crippen LogP contribution in [-0.4, -0.2) is 49.1 Å². The van der Waals surface area contributed by atoms with E-state index < -0.39 is 0 Å². The Morgan fingerprint density at radius 2 is 2.23 bits per heavy atom. The Hall–Kier alpha value is -0.520. The van der Waals surface area contributed by atoms with Crippen LogP contribution in [0, 0.1) is 12.3 Å². The molecule has 1 heterocycles. The van der Waals surface area contributed by atoms with Crippen molar-refractivity contribution < 1.29 is 0 Å². The van der Waals surface area contributed by atoms with Crippen LogP contribution in [0.15, 0.2) is 0 Å². The van der Waals surface area contributed by atoms with E-state index in [-0.39, 0.29) is 0 Å². The fourth-order valence-electron chi connectivity index (χ4n) is 1.89. The van der Waals surface area contributed by atoms with Gasteiger partial charge < -0.3 is 4.90 Å². The van der Waals surface area contributed by atoms with Crippen molar-refractivity contribution in [2.45, 2.75) is 25.8 Å². The summed E-state index contributed by atoms with van der Waals surface area (Å²) in [5.74, 6) is 2.69. The molecule has 0 aromatic heterocycles. The van der Waals surface area contributed by atoms with Crippen molar-refractivity contribution in [1.29, 1.82) is 0 Å². The first-order chi connectivity index (χ1) is 6.24. The highest BCUT2D eigenvalue weighted by Crippen LogP contribution is 2.08. The average molecular weight is 180 g/mol. The molecule has 1 aliphatic heterocycles. The number of rotatable bonds is 3. The molecule has 0 N–H and O–H groups in total. The van der Waals surface area contributed by atoms with Gasteiger partial charge in [0, 0.05) is 32.1 Å². The van der Waals surface area contributed by atoms with Gasteiger partial charge in [0.25, 0.3) is 0 Å². The van der Waals surface area contributed by atoms with E-state index in [0.29, 0.717) is 6.04 Å². The molecule has 0 bridgehead atoms. The topological polar surface area (TPSA) is 6.48 Å². The summed E-state index contributed by atoms with van der Waals surface area (Å²) in [5.41, 5.74) is 0. The largest absolute Gasteiger partial charge is 0.304 e. The average Bonchev–Trinajstić information content (AvgIpc) is 2.09. The van der Waals surface area contributed by atoms with Crippen LogP contribution in [0.4, 0.5) is 0 Å². The lowest BCUT2D eigenvalue weighted by Gasteiger charge is -2.38. The molecule has 1 rings (SSSR count). The molecule has 0 amide bonds. The Morgan fingerprint density at radius 1 is 1.46 bits per heavy atom. The van der Waals surface area contributed by atoms with Crippen LogP contribution in [0.25, 0.3) is 0 Å². The van der Waals surface area contributed by atoms with E-state index in [2.05, 4.69) is 29.7 Å². The van der Waals surface area contributed by atoms with E-state index in [1.54, 1.807) is 0 Å². The molecule has 0 aromatic carbocycles. The summed E-state index contributed by atoms with van der Waals surface area (Å²) in [7, 11) is 2.19. The van der Waals surface area contributed by atoms with Gasteiger partial charge in [0.1, 0.15) is 0 Å². The molecule has 1 unspecified atom stereocenters. The molecule has 2 heteroatoms. The first kappa shape index (κ1) is 10.6. The Morgan fingerprint density at radius 3 is 2.85 bits per heavy atom. The molecule has 1 fully saturated rings. The minimum atomic E-state index is 0.691. The maximum absolute atomic E-state index is 5.22. The van der Waals surface area contributed by atoms with Crippen molar-refractivity contribution >= 4 is 0 Å². The van der Waals surface area contributed by atoms with Gasteiger partial charge in [0.2, 0.25) is 0 Å². The van der Waals surface area contributed by atoms with Gasteiger partial charge in [-0.15, -0.1) is 12.3 Å². The van der Waals surface area contributed by atoms with Gasteiger partial charge in [-0.1, -0.05) is 0 Å². The van der Waals surface area contributed by atoms with Crippen molar-refractivity contribution in [3.05, 3.63) is 0 Å². The molecule has 0 aliphatic carbocycles. The maximum Gasteiger partial charge on any atom is 0.0195 e. The van der Waals surface area contributed by atoms with Crippen LogP contribution >= 0.6 is 0 Å². The molecule has 74 valence electrons.